The maximum Gasteiger partial charge on any atom is 0.323 e. The number of hydrogen-bond acceptors (Lipinski definition) is 8. The van der Waals surface area contributed by atoms with Crippen molar-refractivity contribution in [2.24, 2.45) is 5.41 Å². The van der Waals surface area contributed by atoms with Crippen LogP contribution in [-0.2, 0) is 4.74 Å². The molecule has 3 aromatic carbocycles. The number of likely N-dealkylation sites (tertiary alicyclic amines) is 1. The van der Waals surface area contributed by atoms with Crippen molar-refractivity contribution in [3.63, 3.8) is 0 Å². The maximum atomic E-state index is 14.0. The third kappa shape index (κ3) is 7.22. The van der Waals surface area contributed by atoms with Crippen molar-refractivity contribution in [1.82, 2.24) is 14.9 Å². The minimum atomic E-state index is -0.633. The number of carbonyl (C=O) groups is 1. The van der Waals surface area contributed by atoms with Gasteiger partial charge in [0.2, 0.25) is 5.88 Å². The highest BCUT2D eigenvalue weighted by Gasteiger charge is 2.40. The van der Waals surface area contributed by atoms with Gasteiger partial charge in [-0.15, -0.1) is 0 Å². The summed E-state index contributed by atoms with van der Waals surface area (Å²) >= 11 is 6.44. The Morgan fingerprint density at radius 1 is 1.04 bits per heavy atom. The SMILES string of the molecule is COc1cc2c(Oc3ccc(NC(=O)Nc4cc(C)ccc4F)c(Cl)c3)ncnc2cc1OCCCN1CCC2(CC1)COC2. The highest BCUT2D eigenvalue weighted by Crippen LogP contribution is 2.39. The Kier molecular flexibility index (Phi) is 9.20. The first-order valence-electron chi connectivity index (χ1n) is 14.9. The summed E-state index contributed by atoms with van der Waals surface area (Å²) < 4.78 is 37.3. The number of nitrogens with zero attached hydrogens (tertiary/aromatic N) is 3. The van der Waals surface area contributed by atoms with Crippen LogP contribution in [0.4, 0.5) is 20.6 Å². The molecule has 1 spiro atoms. The largest absolute Gasteiger partial charge is 0.493 e. The maximum absolute atomic E-state index is 14.0. The molecule has 45 heavy (non-hydrogen) atoms. The molecule has 0 bridgehead atoms. The van der Waals surface area contributed by atoms with E-state index in [0.29, 0.717) is 51.7 Å². The van der Waals surface area contributed by atoms with E-state index in [1.807, 2.05) is 6.07 Å². The van der Waals surface area contributed by atoms with Crippen LogP contribution in [0, 0.1) is 18.2 Å². The summed E-state index contributed by atoms with van der Waals surface area (Å²) in [5.41, 5.74) is 2.27. The van der Waals surface area contributed by atoms with Gasteiger partial charge in [-0.2, -0.15) is 0 Å². The molecular formula is C33H35ClFN5O5. The summed E-state index contributed by atoms with van der Waals surface area (Å²) in [6.07, 6.45) is 4.73. The zero-order valence-corrected chi connectivity index (χ0v) is 26.0. The number of amides is 2. The fraction of sp³-hybridized carbons (Fsp3) is 0.364. The molecule has 2 amide bonds. The molecule has 0 aliphatic carbocycles. The monoisotopic (exact) mass is 635 g/mol. The molecule has 0 atom stereocenters. The van der Waals surface area contributed by atoms with Crippen molar-refractivity contribution in [3.05, 3.63) is 71.3 Å². The third-order valence-corrected chi connectivity index (χ3v) is 8.58. The van der Waals surface area contributed by atoms with E-state index in [4.69, 9.17) is 30.5 Å². The summed E-state index contributed by atoms with van der Waals surface area (Å²) in [5.74, 6) is 1.29. The lowest BCUT2D eigenvalue weighted by Crippen LogP contribution is -2.51. The van der Waals surface area contributed by atoms with Gasteiger partial charge < -0.3 is 34.5 Å². The lowest BCUT2D eigenvalue weighted by molar-refractivity contribution is -0.139. The zero-order valence-electron chi connectivity index (χ0n) is 25.2. The van der Waals surface area contributed by atoms with Gasteiger partial charge in [-0.1, -0.05) is 17.7 Å². The van der Waals surface area contributed by atoms with Crippen LogP contribution in [0.15, 0.2) is 54.9 Å². The molecule has 0 saturated carbocycles. The Bertz CT molecular complexity index is 1690. The van der Waals surface area contributed by atoms with Crippen LogP contribution in [0.3, 0.4) is 0 Å². The Balaban J connectivity index is 1.07. The number of halogens is 2. The number of fused-ring (bicyclic) bond motifs is 1. The second kappa shape index (κ2) is 13.4. The topological polar surface area (TPSA) is 107 Å². The molecule has 0 radical (unpaired) electrons. The van der Waals surface area contributed by atoms with Crippen molar-refractivity contribution < 1.29 is 28.1 Å². The molecule has 2 saturated heterocycles. The van der Waals surface area contributed by atoms with Gasteiger partial charge in [-0.05, 0) is 75.2 Å². The first-order chi connectivity index (χ1) is 21.8. The van der Waals surface area contributed by atoms with Crippen molar-refractivity contribution in [2.75, 3.05) is 57.2 Å². The second-order valence-corrected chi connectivity index (χ2v) is 11.9. The van der Waals surface area contributed by atoms with E-state index in [1.54, 1.807) is 50.4 Å². The number of hydrogen-bond donors (Lipinski definition) is 2. The first kappa shape index (κ1) is 30.8. The van der Waals surface area contributed by atoms with Crippen LogP contribution in [0.1, 0.15) is 24.8 Å². The molecule has 2 fully saturated rings. The highest BCUT2D eigenvalue weighted by molar-refractivity contribution is 6.34. The van der Waals surface area contributed by atoms with Gasteiger partial charge in [0.05, 0.1) is 54.2 Å². The number of urea groups is 1. The fourth-order valence-electron chi connectivity index (χ4n) is 5.58. The number of methoxy groups -OCH3 is 1. The number of rotatable bonds is 10. The second-order valence-electron chi connectivity index (χ2n) is 11.5. The minimum Gasteiger partial charge on any atom is -0.493 e. The number of carbonyl (C=O) groups excluding carboxylic acids is 1. The van der Waals surface area contributed by atoms with E-state index in [9.17, 15) is 9.18 Å². The molecule has 2 aliphatic heterocycles. The molecular weight excluding hydrogens is 601 g/mol. The van der Waals surface area contributed by atoms with Gasteiger partial charge in [0.1, 0.15) is 17.9 Å². The van der Waals surface area contributed by atoms with Crippen LogP contribution >= 0.6 is 11.6 Å². The summed E-state index contributed by atoms with van der Waals surface area (Å²) in [5, 5.41) is 5.97. The predicted octanol–water partition coefficient (Wildman–Crippen LogP) is 7.06. The number of aryl methyl sites for hydroxylation is 1. The fourth-order valence-corrected chi connectivity index (χ4v) is 5.80. The third-order valence-electron chi connectivity index (χ3n) is 8.27. The first-order valence-corrected chi connectivity index (χ1v) is 15.3. The van der Waals surface area contributed by atoms with Gasteiger partial charge in [0.25, 0.3) is 0 Å². The van der Waals surface area contributed by atoms with Gasteiger partial charge in [0, 0.05) is 24.1 Å². The van der Waals surface area contributed by atoms with Crippen LogP contribution < -0.4 is 24.8 Å². The predicted molar refractivity (Wildman–Crippen MR) is 170 cm³/mol. The van der Waals surface area contributed by atoms with Crippen molar-refractivity contribution >= 4 is 39.9 Å². The molecule has 236 valence electrons. The van der Waals surface area contributed by atoms with E-state index in [-0.39, 0.29) is 10.7 Å². The highest BCUT2D eigenvalue weighted by atomic mass is 35.5. The lowest BCUT2D eigenvalue weighted by atomic mass is 9.77. The normalized spacial score (nSPS) is 15.8. The smallest absolute Gasteiger partial charge is 0.323 e. The molecule has 2 N–H and O–H groups in total. The molecule has 1 aromatic heterocycles. The minimum absolute atomic E-state index is 0.0680. The molecule has 2 aliphatic rings. The van der Waals surface area contributed by atoms with Gasteiger partial charge in [-0.3, -0.25) is 0 Å². The number of piperidine rings is 1. The number of anilines is 2. The summed E-state index contributed by atoms with van der Waals surface area (Å²) in [7, 11) is 1.58. The molecule has 12 heteroatoms. The summed E-state index contributed by atoms with van der Waals surface area (Å²) in [6, 6.07) is 12.2. The average Bonchev–Trinajstić information content (AvgIpc) is 3.02. The van der Waals surface area contributed by atoms with E-state index in [2.05, 4.69) is 25.5 Å². The number of aromatic nitrogens is 2. The van der Waals surface area contributed by atoms with E-state index >= 15 is 0 Å². The van der Waals surface area contributed by atoms with Gasteiger partial charge >= 0.3 is 6.03 Å². The summed E-state index contributed by atoms with van der Waals surface area (Å²) in [4.78, 5) is 23.7. The summed E-state index contributed by atoms with van der Waals surface area (Å²) in [6.45, 7) is 7.39. The van der Waals surface area contributed by atoms with Crippen LogP contribution in [0.25, 0.3) is 10.9 Å². The molecule has 4 aromatic rings. The van der Waals surface area contributed by atoms with Crippen molar-refractivity contribution in [3.8, 4) is 23.1 Å². The quantitative estimate of drug-likeness (QED) is 0.178. The van der Waals surface area contributed by atoms with Crippen molar-refractivity contribution in [2.45, 2.75) is 26.2 Å². The van der Waals surface area contributed by atoms with Crippen LogP contribution in [0.2, 0.25) is 5.02 Å². The Morgan fingerprint density at radius 2 is 1.84 bits per heavy atom. The van der Waals surface area contributed by atoms with Gasteiger partial charge in [-0.25, -0.2) is 19.2 Å². The number of ether oxygens (including phenoxy) is 4. The number of benzene rings is 3. The Labute approximate surface area is 265 Å². The standard InChI is InChI=1S/C33H35ClFN5O5/c1-21-4-6-25(35)28(14-21)39-32(41)38-26-7-5-22(15-24(26)34)45-31-23-16-29(42-2)30(17-27(23)36-20-37-31)44-13-3-10-40-11-8-33(9-12-40)18-43-19-33/h4-7,14-17,20H,3,8-13,18-19H2,1-2H3,(H2,38,39,41). The van der Waals surface area contributed by atoms with Gasteiger partial charge in [0.15, 0.2) is 11.5 Å². The molecule has 3 heterocycles. The van der Waals surface area contributed by atoms with E-state index < -0.39 is 11.8 Å². The zero-order chi connectivity index (χ0) is 31.4. The lowest BCUT2D eigenvalue weighted by Gasteiger charge is -2.47. The molecule has 0 unspecified atom stereocenters. The Morgan fingerprint density at radius 3 is 2.58 bits per heavy atom. The van der Waals surface area contributed by atoms with Crippen LogP contribution in [0.5, 0.6) is 23.1 Å². The molecule has 10 nitrogen and oxygen atoms in total. The number of nitrogens with one attached hydrogen (secondary N) is 2. The van der Waals surface area contributed by atoms with E-state index in [1.165, 1.54) is 25.2 Å². The molecule has 6 rings (SSSR count). The van der Waals surface area contributed by atoms with Crippen LogP contribution in [-0.4, -0.2) is 67.5 Å². The van der Waals surface area contributed by atoms with E-state index in [0.717, 1.165) is 44.8 Å². The van der Waals surface area contributed by atoms with Crippen molar-refractivity contribution in [1.29, 1.82) is 0 Å². The average molecular weight is 636 g/mol. The Hall–Kier alpha value is -4.19.